The first-order chi connectivity index (χ1) is 14.3. The molecule has 2 aromatic carbocycles. The van der Waals surface area contributed by atoms with Crippen LogP contribution in [0.4, 0.5) is 5.69 Å². The Bertz CT molecular complexity index is 987. The van der Waals surface area contributed by atoms with Crippen molar-refractivity contribution in [2.24, 2.45) is 0 Å². The van der Waals surface area contributed by atoms with Crippen molar-refractivity contribution in [3.63, 3.8) is 0 Å². The van der Waals surface area contributed by atoms with Crippen molar-refractivity contribution in [1.29, 1.82) is 0 Å². The topological polar surface area (TPSA) is 118 Å². The SMILES string of the molecule is CC[C@H](C(=O)c1ccccc1)N(C(=O)c1ccc([N+](=O)[O-])cc1)N1C(=O)CCC1=O. The summed E-state index contributed by atoms with van der Waals surface area (Å²) < 4.78 is 0. The molecule has 1 aliphatic rings. The number of hydrazine groups is 1. The van der Waals surface area contributed by atoms with Crippen LogP contribution in [0.15, 0.2) is 54.6 Å². The van der Waals surface area contributed by atoms with Crippen molar-refractivity contribution in [2.45, 2.75) is 32.2 Å². The van der Waals surface area contributed by atoms with Crippen molar-refractivity contribution in [3.05, 3.63) is 75.8 Å². The Balaban J connectivity index is 2.04. The first kappa shape index (κ1) is 20.8. The van der Waals surface area contributed by atoms with E-state index < -0.39 is 34.5 Å². The number of nitro benzene ring substituents is 1. The molecule has 1 heterocycles. The molecule has 154 valence electrons. The standard InChI is InChI=1S/C21H19N3O6/c1-2-17(20(27)14-6-4-3-5-7-14)22(23-18(25)12-13-19(23)26)21(28)15-8-10-16(11-9-15)24(29)30/h3-11,17H,2,12-13H2,1H3/t17-/m1/s1. The molecule has 0 spiro atoms. The van der Waals surface area contributed by atoms with E-state index in [9.17, 15) is 29.3 Å². The van der Waals surface area contributed by atoms with E-state index in [2.05, 4.69) is 0 Å². The molecule has 0 saturated carbocycles. The van der Waals surface area contributed by atoms with E-state index in [4.69, 9.17) is 0 Å². The lowest BCUT2D eigenvalue weighted by molar-refractivity contribution is -0.384. The highest BCUT2D eigenvalue weighted by atomic mass is 16.6. The minimum Gasteiger partial charge on any atom is -0.292 e. The maximum atomic E-state index is 13.3. The Morgan fingerprint density at radius 3 is 2.07 bits per heavy atom. The van der Waals surface area contributed by atoms with Gasteiger partial charge in [-0.25, -0.2) is 5.01 Å². The summed E-state index contributed by atoms with van der Waals surface area (Å²) in [6.45, 7) is 1.67. The summed E-state index contributed by atoms with van der Waals surface area (Å²) in [5, 5.41) is 12.5. The van der Waals surface area contributed by atoms with Crippen molar-refractivity contribution in [2.75, 3.05) is 0 Å². The third-order valence-corrected chi connectivity index (χ3v) is 4.82. The number of hydrogen-bond donors (Lipinski definition) is 0. The zero-order valence-corrected chi connectivity index (χ0v) is 16.2. The summed E-state index contributed by atoms with van der Waals surface area (Å²) in [6.07, 6.45) is 0.0428. The van der Waals surface area contributed by atoms with Crippen LogP contribution in [0.1, 0.15) is 46.9 Å². The molecule has 9 heteroatoms. The van der Waals surface area contributed by atoms with Crippen molar-refractivity contribution < 1.29 is 24.1 Å². The van der Waals surface area contributed by atoms with Crippen molar-refractivity contribution >= 4 is 29.2 Å². The van der Waals surface area contributed by atoms with Crippen LogP contribution in [0, 0.1) is 10.1 Å². The largest absolute Gasteiger partial charge is 0.292 e. The van der Waals surface area contributed by atoms with Crippen LogP contribution in [0.25, 0.3) is 0 Å². The van der Waals surface area contributed by atoms with Gasteiger partial charge in [0.15, 0.2) is 5.78 Å². The number of hydrogen-bond acceptors (Lipinski definition) is 6. The molecule has 30 heavy (non-hydrogen) atoms. The number of carbonyl (C=O) groups is 4. The molecule has 2 aromatic rings. The Kier molecular flexibility index (Phi) is 6.01. The smallest absolute Gasteiger partial charge is 0.273 e. The molecule has 0 radical (unpaired) electrons. The van der Waals surface area contributed by atoms with Crippen LogP contribution in [-0.4, -0.2) is 44.5 Å². The lowest BCUT2D eigenvalue weighted by atomic mass is 10.0. The van der Waals surface area contributed by atoms with Gasteiger partial charge in [-0.05, 0) is 18.6 Å². The maximum absolute atomic E-state index is 13.3. The summed E-state index contributed by atoms with van der Waals surface area (Å²) in [6, 6.07) is 11.9. The van der Waals surface area contributed by atoms with Gasteiger partial charge in [0, 0.05) is 36.1 Å². The monoisotopic (exact) mass is 409 g/mol. The number of nitro groups is 1. The third-order valence-electron chi connectivity index (χ3n) is 4.82. The summed E-state index contributed by atoms with van der Waals surface area (Å²) >= 11 is 0. The highest BCUT2D eigenvalue weighted by Crippen LogP contribution is 2.24. The fourth-order valence-electron chi connectivity index (χ4n) is 3.30. The molecule has 3 rings (SSSR count). The zero-order chi connectivity index (χ0) is 21.8. The number of ketones is 1. The van der Waals surface area contributed by atoms with Crippen LogP contribution in [0.5, 0.6) is 0 Å². The third kappa shape index (κ3) is 3.95. The molecule has 0 aromatic heterocycles. The maximum Gasteiger partial charge on any atom is 0.273 e. The molecule has 0 aliphatic carbocycles. The predicted molar refractivity (Wildman–Crippen MR) is 105 cm³/mol. The number of benzene rings is 2. The second-order valence-corrected chi connectivity index (χ2v) is 6.71. The lowest BCUT2D eigenvalue weighted by Crippen LogP contribution is -2.56. The molecule has 1 atom stereocenters. The van der Waals surface area contributed by atoms with Gasteiger partial charge in [-0.3, -0.25) is 29.3 Å². The Hall–Kier alpha value is -3.88. The van der Waals surface area contributed by atoms with Crippen molar-refractivity contribution in [3.8, 4) is 0 Å². The van der Waals surface area contributed by atoms with E-state index in [1.165, 1.54) is 12.1 Å². The van der Waals surface area contributed by atoms with Crippen LogP contribution >= 0.6 is 0 Å². The average Bonchev–Trinajstić information content (AvgIpc) is 3.09. The molecular weight excluding hydrogens is 390 g/mol. The van der Waals surface area contributed by atoms with Gasteiger partial charge in [-0.2, -0.15) is 5.01 Å². The highest BCUT2D eigenvalue weighted by Gasteiger charge is 2.42. The minimum atomic E-state index is -1.10. The average molecular weight is 409 g/mol. The summed E-state index contributed by atoms with van der Waals surface area (Å²) in [7, 11) is 0. The number of carbonyl (C=O) groups excluding carboxylic acids is 4. The summed E-state index contributed by atoms with van der Waals surface area (Å²) in [4.78, 5) is 61.5. The molecule has 0 bridgehead atoms. The molecule has 9 nitrogen and oxygen atoms in total. The van der Waals surface area contributed by atoms with Gasteiger partial charge in [0.1, 0.15) is 6.04 Å². The van der Waals surface area contributed by atoms with E-state index in [0.717, 1.165) is 22.2 Å². The molecule has 0 unspecified atom stereocenters. The summed E-state index contributed by atoms with van der Waals surface area (Å²) in [5.41, 5.74) is 0.149. The highest BCUT2D eigenvalue weighted by molar-refractivity contribution is 6.09. The number of amides is 3. The number of non-ortho nitro benzene ring substituents is 1. The molecule has 1 fully saturated rings. The van der Waals surface area contributed by atoms with E-state index in [1.807, 2.05) is 0 Å². The fourth-order valence-corrected chi connectivity index (χ4v) is 3.30. The number of rotatable bonds is 7. The first-order valence-electron chi connectivity index (χ1n) is 9.38. The van der Waals surface area contributed by atoms with Gasteiger partial charge < -0.3 is 0 Å². The molecule has 3 amide bonds. The minimum absolute atomic E-state index is 0.0208. The second kappa shape index (κ2) is 8.64. The Morgan fingerprint density at radius 1 is 1.00 bits per heavy atom. The van der Waals surface area contributed by atoms with Gasteiger partial charge in [0.2, 0.25) is 11.8 Å². The van der Waals surface area contributed by atoms with Crippen LogP contribution in [-0.2, 0) is 9.59 Å². The van der Waals surface area contributed by atoms with Crippen molar-refractivity contribution in [1.82, 2.24) is 10.0 Å². The fraction of sp³-hybridized carbons (Fsp3) is 0.238. The van der Waals surface area contributed by atoms with E-state index in [1.54, 1.807) is 37.3 Å². The van der Waals surface area contributed by atoms with E-state index >= 15 is 0 Å². The van der Waals surface area contributed by atoms with Gasteiger partial charge in [-0.1, -0.05) is 37.3 Å². The Morgan fingerprint density at radius 2 is 1.57 bits per heavy atom. The predicted octanol–water partition coefficient (Wildman–Crippen LogP) is 2.76. The van der Waals surface area contributed by atoms with Gasteiger partial charge in [0.05, 0.1) is 4.92 Å². The molecule has 1 saturated heterocycles. The van der Waals surface area contributed by atoms with Crippen LogP contribution < -0.4 is 0 Å². The summed E-state index contributed by atoms with van der Waals surface area (Å²) in [5.74, 6) is -2.32. The molecule has 1 aliphatic heterocycles. The van der Waals surface area contributed by atoms with E-state index in [0.29, 0.717) is 5.56 Å². The van der Waals surface area contributed by atoms with Gasteiger partial charge in [-0.15, -0.1) is 0 Å². The molecular formula is C21H19N3O6. The van der Waals surface area contributed by atoms with Gasteiger partial charge in [0.25, 0.3) is 11.6 Å². The zero-order valence-electron chi connectivity index (χ0n) is 16.2. The quantitative estimate of drug-likeness (QED) is 0.300. The Labute approximate surface area is 172 Å². The number of Topliss-reactive ketones (excluding diaryl/α,β-unsaturated/α-hetero) is 1. The van der Waals surface area contributed by atoms with Gasteiger partial charge >= 0.3 is 0 Å². The number of nitrogens with zero attached hydrogens (tertiary/aromatic N) is 3. The van der Waals surface area contributed by atoms with Crippen LogP contribution in [0.2, 0.25) is 0 Å². The molecule has 0 N–H and O–H groups in total. The van der Waals surface area contributed by atoms with E-state index in [-0.39, 0.29) is 30.5 Å². The first-order valence-corrected chi connectivity index (χ1v) is 9.38. The number of imide groups is 1. The normalized spacial score (nSPS) is 14.5. The van der Waals surface area contributed by atoms with Crippen LogP contribution in [0.3, 0.4) is 0 Å². The lowest BCUT2D eigenvalue weighted by Gasteiger charge is -2.35. The second-order valence-electron chi connectivity index (χ2n) is 6.71.